The maximum Gasteiger partial charge on any atom is 0.134 e. The predicted octanol–water partition coefficient (Wildman–Crippen LogP) is 4.48. The van der Waals surface area contributed by atoms with Gasteiger partial charge in [0.15, 0.2) is 0 Å². The maximum atomic E-state index is 5.88. The van der Waals surface area contributed by atoms with Crippen LogP contribution in [0.25, 0.3) is 0 Å². The molecular formula is C16H21ClO. The minimum absolute atomic E-state index is 0.573. The summed E-state index contributed by atoms with van der Waals surface area (Å²) in [7, 11) is 0. The third kappa shape index (κ3) is 5.02. The molecule has 0 radical (unpaired) electrons. The van der Waals surface area contributed by atoms with Gasteiger partial charge in [-0.25, -0.2) is 0 Å². The second-order valence-electron chi connectivity index (χ2n) is 4.23. The Hall–Kier alpha value is -1.13. The number of rotatable bonds is 6. The number of alkyl halides is 1. The summed E-state index contributed by atoms with van der Waals surface area (Å²) in [6.07, 6.45) is 3.01. The van der Waals surface area contributed by atoms with E-state index in [2.05, 4.69) is 25.7 Å². The van der Waals surface area contributed by atoms with Crippen molar-refractivity contribution in [2.75, 3.05) is 12.5 Å². The SMILES string of the molecule is CCC(CC)COc1ccccc1C#CCCCl. The van der Waals surface area contributed by atoms with Crippen LogP contribution in [0.2, 0.25) is 0 Å². The van der Waals surface area contributed by atoms with E-state index in [0.717, 1.165) is 30.8 Å². The minimum Gasteiger partial charge on any atom is -0.492 e. The van der Waals surface area contributed by atoms with E-state index in [1.807, 2.05) is 24.3 Å². The van der Waals surface area contributed by atoms with E-state index >= 15 is 0 Å². The van der Waals surface area contributed by atoms with Crippen LogP contribution in [-0.4, -0.2) is 12.5 Å². The molecular weight excluding hydrogens is 244 g/mol. The summed E-state index contributed by atoms with van der Waals surface area (Å²) in [5.41, 5.74) is 0.952. The lowest BCUT2D eigenvalue weighted by molar-refractivity contribution is 0.240. The zero-order valence-corrected chi connectivity index (χ0v) is 12.0. The average Bonchev–Trinajstić information content (AvgIpc) is 2.41. The fourth-order valence-corrected chi connectivity index (χ4v) is 1.73. The highest BCUT2D eigenvalue weighted by Gasteiger charge is 2.06. The van der Waals surface area contributed by atoms with Crippen molar-refractivity contribution in [1.29, 1.82) is 0 Å². The number of para-hydroxylation sites is 1. The van der Waals surface area contributed by atoms with Gasteiger partial charge >= 0.3 is 0 Å². The molecule has 0 aliphatic carbocycles. The summed E-state index contributed by atoms with van der Waals surface area (Å²) >= 11 is 5.61. The van der Waals surface area contributed by atoms with Gasteiger partial charge in [-0.1, -0.05) is 50.7 Å². The lowest BCUT2D eigenvalue weighted by atomic mass is 10.1. The molecule has 0 heterocycles. The summed E-state index contributed by atoms with van der Waals surface area (Å²) in [6, 6.07) is 7.93. The van der Waals surface area contributed by atoms with Gasteiger partial charge in [0.05, 0.1) is 12.2 Å². The first-order chi connectivity index (χ1) is 8.81. The van der Waals surface area contributed by atoms with Crippen LogP contribution in [0.3, 0.4) is 0 Å². The van der Waals surface area contributed by atoms with E-state index in [1.54, 1.807) is 0 Å². The van der Waals surface area contributed by atoms with Gasteiger partial charge in [0, 0.05) is 12.3 Å². The number of benzene rings is 1. The van der Waals surface area contributed by atoms with Gasteiger partial charge in [0.1, 0.15) is 5.75 Å². The van der Waals surface area contributed by atoms with E-state index in [1.165, 1.54) is 0 Å². The normalized spacial score (nSPS) is 10.0. The van der Waals surface area contributed by atoms with Gasteiger partial charge in [0.25, 0.3) is 0 Å². The summed E-state index contributed by atoms with van der Waals surface area (Å²) < 4.78 is 5.88. The molecule has 0 aromatic heterocycles. The third-order valence-corrected chi connectivity index (χ3v) is 3.15. The van der Waals surface area contributed by atoms with E-state index in [9.17, 15) is 0 Å². The van der Waals surface area contributed by atoms with Gasteiger partial charge in [-0.05, 0) is 18.1 Å². The van der Waals surface area contributed by atoms with Crippen LogP contribution < -0.4 is 4.74 Å². The molecule has 0 amide bonds. The molecule has 1 aromatic rings. The van der Waals surface area contributed by atoms with Crippen LogP contribution in [0, 0.1) is 17.8 Å². The molecule has 1 rings (SSSR count). The minimum atomic E-state index is 0.573. The van der Waals surface area contributed by atoms with Crippen LogP contribution in [0.4, 0.5) is 0 Å². The lowest BCUT2D eigenvalue weighted by Crippen LogP contribution is -2.10. The highest BCUT2D eigenvalue weighted by atomic mass is 35.5. The van der Waals surface area contributed by atoms with Crippen molar-refractivity contribution >= 4 is 11.6 Å². The molecule has 0 unspecified atom stereocenters. The maximum absolute atomic E-state index is 5.88. The van der Waals surface area contributed by atoms with Gasteiger partial charge < -0.3 is 4.74 Å². The Morgan fingerprint density at radius 2 is 1.94 bits per heavy atom. The molecule has 0 saturated carbocycles. The summed E-state index contributed by atoms with van der Waals surface area (Å²) in [6.45, 7) is 5.16. The Morgan fingerprint density at radius 3 is 2.61 bits per heavy atom. The Morgan fingerprint density at radius 1 is 1.22 bits per heavy atom. The smallest absolute Gasteiger partial charge is 0.134 e. The van der Waals surface area contributed by atoms with E-state index in [0.29, 0.717) is 18.2 Å². The molecule has 0 spiro atoms. The first kappa shape index (κ1) is 14.9. The van der Waals surface area contributed by atoms with Crippen molar-refractivity contribution in [1.82, 2.24) is 0 Å². The van der Waals surface area contributed by atoms with Crippen molar-refractivity contribution in [3.8, 4) is 17.6 Å². The van der Waals surface area contributed by atoms with Crippen molar-refractivity contribution in [3.05, 3.63) is 29.8 Å². The van der Waals surface area contributed by atoms with E-state index < -0.39 is 0 Å². The molecule has 0 N–H and O–H groups in total. The Labute approximate surface area is 115 Å². The predicted molar refractivity (Wildman–Crippen MR) is 78.2 cm³/mol. The molecule has 1 aromatic carbocycles. The number of ether oxygens (including phenoxy) is 1. The second kappa shape index (κ2) is 8.89. The number of hydrogen-bond donors (Lipinski definition) is 0. The van der Waals surface area contributed by atoms with Crippen LogP contribution >= 0.6 is 11.6 Å². The molecule has 1 nitrogen and oxygen atoms in total. The molecule has 0 saturated heterocycles. The monoisotopic (exact) mass is 264 g/mol. The Bertz CT molecular complexity index is 399. The molecule has 0 fully saturated rings. The van der Waals surface area contributed by atoms with Crippen LogP contribution in [0.1, 0.15) is 38.7 Å². The molecule has 18 heavy (non-hydrogen) atoms. The van der Waals surface area contributed by atoms with Gasteiger partial charge in [0.2, 0.25) is 0 Å². The first-order valence-electron chi connectivity index (χ1n) is 6.58. The quantitative estimate of drug-likeness (QED) is 0.544. The van der Waals surface area contributed by atoms with Crippen molar-refractivity contribution in [2.45, 2.75) is 33.1 Å². The number of hydrogen-bond acceptors (Lipinski definition) is 1. The lowest BCUT2D eigenvalue weighted by Gasteiger charge is -2.14. The molecule has 0 aliphatic rings. The second-order valence-corrected chi connectivity index (χ2v) is 4.61. The third-order valence-electron chi connectivity index (χ3n) is 2.96. The van der Waals surface area contributed by atoms with E-state index in [4.69, 9.17) is 16.3 Å². The molecule has 0 bridgehead atoms. The molecule has 2 heteroatoms. The van der Waals surface area contributed by atoms with Gasteiger partial charge in [-0.3, -0.25) is 0 Å². The standard InChI is InChI=1S/C16H21ClO/c1-3-14(4-2)13-18-16-11-6-5-9-15(16)10-7-8-12-17/h5-6,9,11,14H,3-4,8,12-13H2,1-2H3. The van der Waals surface area contributed by atoms with Gasteiger partial charge in [-0.2, -0.15) is 0 Å². The molecule has 0 atom stereocenters. The Balaban J connectivity index is 2.68. The molecule has 0 aliphatic heterocycles. The van der Waals surface area contributed by atoms with Crippen molar-refractivity contribution in [3.63, 3.8) is 0 Å². The van der Waals surface area contributed by atoms with Crippen LogP contribution in [0.15, 0.2) is 24.3 Å². The topological polar surface area (TPSA) is 9.23 Å². The highest BCUT2D eigenvalue weighted by molar-refractivity contribution is 6.18. The fraction of sp³-hybridized carbons (Fsp3) is 0.500. The van der Waals surface area contributed by atoms with Crippen LogP contribution in [-0.2, 0) is 0 Å². The average molecular weight is 265 g/mol. The summed E-state index contributed by atoms with van der Waals surface area (Å²) in [4.78, 5) is 0. The highest BCUT2D eigenvalue weighted by Crippen LogP contribution is 2.19. The summed E-state index contributed by atoms with van der Waals surface area (Å²) in [5.74, 6) is 8.23. The fourth-order valence-electron chi connectivity index (χ4n) is 1.63. The Kier molecular flexibility index (Phi) is 7.37. The molecule has 98 valence electrons. The zero-order chi connectivity index (χ0) is 13.2. The van der Waals surface area contributed by atoms with Crippen LogP contribution in [0.5, 0.6) is 5.75 Å². The first-order valence-corrected chi connectivity index (χ1v) is 7.11. The zero-order valence-electron chi connectivity index (χ0n) is 11.2. The largest absolute Gasteiger partial charge is 0.492 e. The van der Waals surface area contributed by atoms with Crippen molar-refractivity contribution in [2.24, 2.45) is 5.92 Å². The summed E-state index contributed by atoms with van der Waals surface area (Å²) in [5, 5.41) is 0. The van der Waals surface area contributed by atoms with Crippen molar-refractivity contribution < 1.29 is 4.74 Å². The number of halogens is 1. The van der Waals surface area contributed by atoms with E-state index in [-0.39, 0.29) is 0 Å². The van der Waals surface area contributed by atoms with Gasteiger partial charge in [-0.15, -0.1) is 11.6 Å².